The van der Waals surface area contributed by atoms with Crippen molar-refractivity contribution in [2.45, 2.75) is 39.2 Å². The van der Waals surface area contributed by atoms with Gasteiger partial charge in [-0.25, -0.2) is 0 Å². The molecular formula is C17H23N3O. The lowest BCUT2D eigenvalue weighted by atomic mass is 10.1. The fourth-order valence-corrected chi connectivity index (χ4v) is 2.68. The van der Waals surface area contributed by atoms with Crippen LogP contribution < -0.4 is 5.32 Å². The maximum absolute atomic E-state index is 12.0. The van der Waals surface area contributed by atoms with Gasteiger partial charge in [0.15, 0.2) is 0 Å². The minimum Gasteiger partial charge on any atom is -0.343 e. The number of nitriles is 1. The standard InChI is InChI=1S/C17H23N3O/c1-14-11-15(12-18)5-6-16(14)13-19-8-7-17(21)20-9-3-2-4-10-20/h5-6,11,19H,2-4,7-10,13H2,1H3. The van der Waals surface area contributed by atoms with Crippen molar-refractivity contribution in [2.75, 3.05) is 19.6 Å². The molecular weight excluding hydrogens is 262 g/mol. The quantitative estimate of drug-likeness (QED) is 0.845. The predicted molar refractivity (Wildman–Crippen MR) is 82.6 cm³/mol. The molecule has 4 heteroatoms. The van der Waals surface area contributed by atoms with E-state index in [-0.39, 0.29) is 5.91 Å². The summed E-state index contributed by atoms with van der Waals surface area (Å²) in [4.78, 5) is 14.0. The number of piperidine rings is 1. The van der Waals surface area contributed by atoms with Gasteiger partial charge in [0.2, 0.25) is 5.91 Å². The average Bonchev–Trinajstić information content (AvgIpc) is 2.53. The van der Waals surface area contributed by atoms with Gasteiger partial charge in [-0.1, -0.05) is 6.07 Å². The fourth-order valence-electron chi connectivity index (χ4n) is 2.68. The van der Waals surface area contributed by atoms with Crippen molar-refractivity contribution in [1.29, 1.82) is 5.26 Å². The van der Waals surface area contributed by atoms with Crippen LogP contribution in [0.3, 0.4) is 0 Å². The van der Waals surface area contributed by atoms with E-state index in [1.165, 1.54) is 12.0 Å². The maximum atomic E-state index is 12.0. The van der Waals surface area contributed by atoms with Crippen LogP contribution in [0, 0.1) is 18.3 Å². The van der Waals surface area contributed by atoms with E-state index < -0.39 is 0 Å². The zero-order chi connectivity index (χ0) is 15.1. The van der Waals surface area contributed by atoms with Crippen LogP contribution in [0.1, 0.15) is 42.4 Å². The second kappa shape index (κ2) is 7.80. The Labute approximate surface area is 126 Å². The van der Waals surface area contributed by atoms with Gasteiger partial charge < -0.3 is 10.2 Å². The van der Waals surface area contributed by atoms with Crippen LogP contribution in [-0.2, 0) is 11.3 Å². The van der Waals surface area contributed by atoms with E-state index >= 15 is 0 Å². The molecule has 0 aromatic heterocycles. The fraction of sp³-hybridized carbons (Fsp3) is 0.529. The zero-order valence-corrected chi connectivity index (χ0v) is 12.7. The number of aryl methyl sites for hydroxylation is 1. The van der Waals surface area contributed by atoms with E-state index in [1.54, 1.807) is 0 Å². The Balaban J connectivity index is 1.72. The Bertz CT molecular complexity index is 527. The van der Waals surface area contributed by atoms with Gasteiger partial charge in [-0.05, 0) is 49.4 Å². The molecule has 0 radical (unpaired) electrons. The molecule has 1 fully saturated rings. The third kappa shape index (κ3) is 4.57. The molecule has 1 aliphatic rings. The second-order valence-electron chi connectivity index (χ2n) is 5.62. The molecule has 1 aromatic carbocycles. The Morgan fingerprint density at radius 1 is 1.33 bits per heavy atom. The van der Waals surface area contributed by atoms with E-state index in [4.69, 9.17) is 5.26 Å². The summed E-state index contributed by atoms with van der Waals surface area (Å²) in [7, 11) is 0. The first kappa shape index (κ1) is 15.5. The number of amides is 1. The molecule has 0 saturated carbocycles. The molecule has 1 saturated heterocycles. The maximum Gasteiger partial charge on any atom is 0.223 e. The van der Waals surface area contributed by atoms with Gasteiger partial charge in [-0.3, -0.25) is 4.79 Å². The van der Waals surface area contributed by atoms with Gasteiger partial charge in [0.05, 0.1) is 11.6 Å². The molecule has 1 amide bonds. The van der Waals surface area contributed by atoms with Gasteiger partial charge in [-0.2, -0.15) is 5.26 Å². The number of rotatable bonds is 5. The zero-order valence-electron chi connectivity index (χ0n) is 12.7. The van der Waals surface area contributed by atoms with Crippen LogP contribution in [-0.4, -0.2) is 30.4 Å². The lowest BCUT2D eigenvalue weighted by molar-refractivity contribution is -0.131. The summed E-state index contributed by atoms with van der Waals surface area (Å²) in [6.07, 6.45) is 4.10. The van der Waals surface area contributed by atoms with E-state index in [1.807, 2.05) is 30.0 Å². The van der Waals surface area contributed by atoms with E-state index in [0.717, 1.165) is 38.0 Å². The van der Waals surface area contributed by atoms with E-state index in [2.05, 4.69) is 11.4 Å². The number of nitrogens with one attached hydrogen (secondary N) is 1. The van der Waals surface area contributed by atoms with Gasteiger partial charge in [0.1, 0.15) is 0 Å². The van der Waals surface area contributed by atoms with Crippen molar-refractivity contribution in [3.05, 3.63) is 34.9 Å². The van der Waals surface area contributed by atoms with Crippen molar-refractivity contribution in [3.63, 3.8) is 0 Å². The monoisotopic (exact) mass is 285 g/mol. The average molecular weight is 285 g/mol. The van der Waals surface area contributed by atoms with Crippen LogP contribution in [0.2, 0.25) is 0 Å². The summed E-state index contributed by atoms with van der Waals surface area (Å²) < 4.78 is 0. The topological polar surface area (TPSA) is 56.1 Å². The predicted octanol–water partition coefficient (Wildman–Crippen LogP) is 2.36. The van der Waals surface area contributed by atoms with Gasteiger partial charge in [-0.15, -0.1) is 0 Å². The largest absolute Gasteiger partial charge is 0.343 e. The van der Waals surface area contributed by atoms with Crippen LogP contribution in [0.15, 0.2) is 18.2 Å². The Morgan fingerprint density at radius 2 is 2.10 bits per heavy atom. The summed E-state index contributed by atoms with van der Waals surface area (Å²) in [5.41, 5.74) is 2.99. The van der Waals surface area contributed by atoms with Gasteiger partial charge in [0, 0.05) is 32.6 Å². The van der Waals surface area contributed by atoms with Gasteiger partial charge >= 0.3 is 0 Å². The number of carbonyl (C=O) groups excluding carboxylic acids is 1. The van der Waals surface area contributed by atoms with Crippen LogP contribution in [0.5, 0.6) is 0 Å². The van der Waals surface area contributed by atoms with Crippen molar-refractivity contribution < 1.29 is 4.79 Å². The summed E-state index contributed by atoms with van der Waals surface area (Å²) >= 11 is 0. The summed E-state index contributed by atoms with van der Waals surface area (Å²) in [5, 5.41) is 12.2. The van der Waals surface area contributed by atoms with Crippen LogP contribution in [0.4, 0.5) is 0 Å². The van der Waals surface area contributed by atoms with Crippen LogP contribution in [0.25, 0.3) is 0 Å². The Kier molecular flexibility index (Phi) is 5.77. The highest BCUT2D eigenvalue weighted by atomic mass is 16.2. The second-order valence-corrected chi connectivity index (χ2v) is 5.62. The lowest BCUT2D eigenvalue weighted by Gasteiger charge is -2.26. The minimum absolute atomic E-state index is 0.263. The number of hydrogen-bond donors (Lipinski definition) is 1. The van der Waals surface area contributed by atoms with Crippen molar-refractivity contribution in [1.82, 2.24) is 10.2 Å². The molecule has 1 aromatic rings. The minimum atomic E-state index is 0.263. The SMILES string of the molecule is Cc1cc(C#N)ccc1CNCCC(=O)N1CCCCC1. The molecule has 0 unspecified atom stereocenters. The summed E-state index contributed by atoms with van der Waals surface area (Å²) in [6.45, 7) is 5.30. The number of carbonyl (C=O) groups is 1. The third-order valence-corrected chi connectivity index (χ3v) is 4.01. The molecule has 21 heavy (non-hydrogen) atoms. The molecule has 1 aliphatic heterocycles. The molecule has 4 nitrogen and oxygen atoms in total. The molecule has 1 heterocycles. The molecule has 0 atom stereocenters. The number of nitrogens with zero attached hydrogens (tertiary/aromatic N) is 2. The van der Waals surface area contributed by atoms with Gasteiger partial charge in [0.25, 0.3) is 0 Å². The van der Waals surface area contributed by atoms with E-state index in [0.29, 0.717) is 18.5 Å². The van der Waals surface area contributed by atoms with Crippen molar-refractivity contribution in [3.8, 4) is 6.07 Å². The highest BCUT2D eigenvalue weighted by Crippen LogP contribution is 2.11. The smallest absolute Gasteiger partial charge is 0.223 e. The number of benzene rings is 1. The molecule has 112 valence electrons. The Hall–Kier alpha value is -1.86. The lowest BCUT2D eigenvalue weighted by Crippen LogP contribution is -2.37. The molecule has 1 N–H and O–H groups in total. The highest BCUT2D eigenvalue weighted by molar-refractivity contribution is 5.76. The third-order valence-electron chi connectivity index (χ3n) is 4.01. The molecule has 2 rings (SSSR count). The molecule has 0 spiro atoms. The van der Waals surface area contributed by atoms with E-state index in [9.17, 15) is 4.79 Å². The first-order valence-corrected chi connectivity index (χ1v) is 7.69. The highest BCUT2D eigenvalue weighted by Gasteiger charge is 2.15. The summed E-state index contributed by atoms with van der Waals surface area (Å²) in [5.74, 6) is 0.263. The number of hydrogen-bond acceptors (Lipinski definition) is 3. The normalized spacial score (nSPS) is 14.8. The Morgan fingerprint density at radius 3 is 2.76 bits per heavy atom. The van der Waals surface area contributed by atoms with Crippen molar-refractivity contribution >= 4 is 5.91 Å². The molecule has 0 bridgehead atoms. The van der Waals surface area contributed by atoms with Crippen LogP contribution >= 0.6 is 0 Å². The first-order valence-electron chi connectivity index (χ1n) is 7.69. The molecule has 0 aliphatic carbocycles. The van der Waals surface area contributed by atoms with Crippen molar-refractivity contribution in [2.24, 2.45) is 0 Å². The first-order chi connectivity index (χ1) is 10.2. The number of likely N-dealkylation sites (tertiary alicyclic amines) is 1. The summed E-state index contributed by atoms with van der Waals surface area (Å²) in [6, 6.07) is 7.86.